The molecule has 1 unspecified atom stereocenters. The van der Waals surface area contributed by atoms with Gasteiger partial charge in [0.05, 0.1) is 16.3 Å². The normalized spacial score (nSPS) is 28.7. The van der Waals surface area contributed by atoms with Gasteiger partial charge in [0.15, 0.2) is 0 Å². The summed E-state index contributed by atoms with van der Waals surface area (Å²) in [6.07, 6.45) is 4.19. The van der Waals surface area contributed by atoms with Crippen LogP contribution in [-0.4, -0.2) is 34.8 Å². The molecule has 4 nitrogen and oxygen atoms in total. The molecule has 5 rings (SSSR count). The fourth-order valence-corrected chi connectivity index (χ4v) is 4.20. The SMILES string of the molecule is O=C(Nc1cccc2cnsc12)C1CN2CCC1CC2. The summed E-state index contributed by atoms with van der Waals surface area (Å²) < 4.78 is 5.27. The van der Waals surface area contributed by atoms with Crippen molar-refractivity contribution in [3.63, 3.8) is 0 Å². The van der Waals surface area contributed by atoms with E-state index in [-0.39, 0.29) is 11.8 Å². The molecule has 0 radical (unpaired) electrons. The summed E-state index contributed by atoms with van der Waals surface area (Å²) in [5, 5.41) is 4.23. The van der Waals surface area contributed by atoms with E-state index in [2.05, 4.69) is 14.6 Å². The van der Waals surface area contributed by atoms with Gasteiger partial charge in [-0.3, -0.25) is 4.79 Å². The second kappa shape index (κ2) is 4.82. The maximum Gasteiger partial charge on any atom is 0.229 e. The van der Waals surface area contributed by atoms with Crippen LogP contribution in [0.3, 0.4) is 0 Å². The molecule has 1 N–H and O–H groups in total. The van der Waals surface area contributed by atoms with Crippen LogP contribution in [-0.2, 0) is 4.79 Å². The van der Waals surface area contributed by atoms with Crippen molar-refractivity contribution in [1.29, 1.82) is 0 Å². The Hall–Kier alpha value is -1.46. The smallest absolute Gasteiger partial charge is 0.229 e. The minimum atomic E-state index is 0.153. The molecule has 104 valence electrons. The van der Waals surface area contributed by atoms with E-state index in [1.54, 1.807) is 0 Å². The first-order valence-electron chi connectivity index (χ1n) is 7.18. The molecule has 3 aliphatic rings. The van der Waals surface area contributed by atoms with Crippen molar-refractivity contribution in [2.45, 2.75) is 12.8 Å². The van der Waals surface area contributed by atoms with Gasteiger partial charge in [-0.15, -0.1) is 0 Å². The van der Waals surface area contributed by atoms with Gasteiger partial charge in [-0.1, -0.05) is 12.1 Å². The summed E-state index contributed by atoms with van der Waals surface area (Å²) in [5.41, 5.74) is 0.909. The van der Waals surface area contributed by atoms with Crippen molar-refractivity contribution in [3.8, 4) is 0 Å². The Labute approximate surface area is 121 Å². The van der Waals surface area contributed by atoms with Gasteiger partial charge in [0.25, 0.3) is 0 Å². The van der Waals surface area contributed by atoms with Crippen LogP contribution >= 0.6 is 11.5 Å². The first-order chi connectivity index (χ1) is 9.81. The van der Waals surface area contributed by atoms with E-state index in [9.17, 15) is 4.79 Å². The van der Waals surface area contributed by atoms with Crippen LogP contribution < -0.4 is 5.32 Å². The molecule has 1 amide bonds. The summed E-state index contributed by atoms with van der Waals surface area (Å²) in [6.45, 7) is 3.26. The van der Waals surface area contributed by atoms with Gasteiger partial charge in [0.1, 0.15) is 0 Å². The Morgan fingerprint density at radius 1 is 1.35 bits per heavy atom. The maximum atomic E-state index is 12.6. The van der Waals surface area contributed by atoms with Crippen molar-refractivity contribution in [3.05, 3.63) is 24.4 Å². The summed E-state index contributed by atoms with van der Waals surface area (Å²) in [6, 6.07) is 5.98. The van der Waals surface area contributed by atoms with E-state index < -0.39 is 0 Å². The highest BCUT2D eigenvalue weighted by molar-refractivity contribution is 7.14. The Bertz CT molecular complexity index is 645. The van der Waals surface area contributed by atoms with Crippen LogP contribution in [0.4, 0.5) is 5.69 Å². The number of nitrogens with zero attached hydrogens (tertiary/aromatic N) is 2. The number of hydrogen-bond donors (Lipinski definition) is 1. The molecule has 2 aromatic rings. The summed E-state index contributed by atoms with van der Waals surface area (Å²) in [4.78, 5) is 15.0. The van der Waals surface area contributed by atoms with Crippen molar-refractivity contribution >= 4 is 33.2 Å². The number of nitrogens with one attached hydrogen (secondary N) is 1. The van der Waals surface area contributed by atoms with E-state index in [0.29, 0.717) is 5.92 Å². The molecule has 4 heterocycles. The third-order valence-electron chi connectivity index (χ3n) is 4.63. The van der Waals surface area contributed by atoms with Gasteiger partial charge < -0.3 is 10.2 Å². The number of piperidine rings is 3. The molecule has 20 heavy (non-hydrogen) atoms. The molecule has 2 bridgehead atoms. The number of benzene rings is 1. The molecule has 3 saturated heterocycles. The molecular formula is C15H17N3OS. The lowest BCUT2D eigenvalue weighted by atomic mass is 9.78. The Balaban J connectivity index is 1.57. The van der Waals surface area contributed by atoms with Crippen molar-refractivity contribution in [1.82, 2.24) is 9.27 Å². The van der Waals surface area contributed by atoms with Gasteiger partial charge in [-0.2, -0.15) is 4.37 Å². The third kappa shape index (κ3) is 2.01. The molecule has 1 atom stereocenters. The fraction of sp³-hybridized carbons (Fsp3) is 0.467. The lowest BCUT2D eigenvalue weighted by Crippen LogP contribution is -2.51. The predicted molar refractivity (Wildman–Crippen MR) is 80.9 cm³/mol. The molecule has 3 fully saturated rings. The van der Waals surface area contributed by atoms with Crippen LogP contribution in [0.25, 0.3) is 10.1 Å². The zero-order valence-electron chi connectivity index (χ0n) is 11.2. The molecular weight excluding hydrogens is 270 g/mol. The zero-order chi connectivity index (χ0) is 13.5. The van der Waals surface area contributed by atoms with E-state index in [1.807, 2.05) is 24.4 Å². The Morgan fingerprint density at radius 3 is 2.95 bits per heavy atom. The van der Waals surface area contributed by atoms with E-state index in [4.69, 9.17) is 0 Å². The largest absolute Gasteiger partial charge is 0.324 e. The number of fused-ring (bicyclic) bond motifs is 4. The summed E-state index contributed by atoms with van der Waals surface area (Å²) >= 11 is 1.44. The number of carbonyl (C=O) groups is 1. The average Bonchev–Trinajstić information content (AvgIpc) is 2.98. The average molecular weight is 287 g/mol. The van der Waals surface area contributed by atoms with Gasteiger partial charge >= 0.3 is 0 Å². The minimum absolute atomic E-state index is 0.153. The van der Waals surface area contributed by atoms with E-state index in [1.165, 1.54) is 37.5 Å². The Kier molecular flexibility index (Phi) is 2.97. The van der Waals surface area contributed by atoms with Crippen molar-refractivity contribution in [2.75, 3.05) is 25.0 Å². The minimum Gasteiger partial charge on any atom is -0.324 e. The number of amides is 1. The predicted octanol–water partition coefficient (Wildman–Crippen LogP) is 2.58. The number of hydrogen-bond acceptors (Lipinski definition) is 4. The third-order valence-corrected chi connectivity index (χ3v) is 5.48. The molecule has 3 aliphatic heterocycles. The van der Waals surface area contributed by atoms with Crippen LogP contribution in [0.5, 0.6) is 0 Å². The molecule has 5 heteroatoms. The standard InChI is InChI=1S/C15H17N3OS/c19-15(12-9-18-6-4-10(12)5-7-18)17-13-3-1-2-11-8-16-20-14(11)13/h1-3,8,10,12H,4-7,9H2,(H,17,19). The van der Waals surface area contributed by atoms with Crippen molar-refractivity contribution < 1.29 is 4.79 Å². The second-order valence-corrected chi connectivity index (χ2v) is 6.59. The highest BCUT2D eigenvalue weighted by Gasteiger charge is 2.38. The summed E-state index contributed by atoms with van der Waals surface area (Å²) in [7, 11) is 0. The van der Waals surface area contributed by atoms with Crippen LogP contribution in [0.2, 0.25) is 0 Å². The summed E-state index contributed by atoms with van der Waals surface area (Å²) in [5.74, 6) is 0.904. The van der Waals surface area contributed by atoms with Crippen molar-refractivity contribution in [2.24, 2.45) is 11.8 Å². The van der Waals surface area contributed by atoms with Gasteiger partial charge in [0.2, 0.25) is 5.91 Å². The van der Waals surface area contributed by atoms with E-state index >= 15 is 0 Å². The number of carbonyl (C=O) groups excluding carboxylic acids is 1. The monoisotopic (exact) mass is 287 g/mol. The number of anilines is 1. The highest BCUT2D eigenvalue weighted by atomic mass is 32.1. The van der Waals surface area contributed by atoms with Crippen LogP contribution in [0.15, 0.2) is 24.4 Å². The molecule has 1 aromatic heterocycles. The fourth-order valence-electron chi connectivity index (χ4n) is 3.48. The Morgan fingerprint density at radius 2 is 2.20 bits per heavy atom. The van der Waals surface area contributed by atoms with Gasteiger partial charge in [0, 0.05) is 18.1 Å². The molecule has 0 saturated carbocycles. The quantitative estimate of drug-likeness (QED) is 0.923. The first-order valence-corrected chi connectivity index (χ1v) is 7.95. The van der Waals surface area contributed by atoms with Crippen LogP contribution in [0.1, 0.15) is 12.8 Å². The molecule has 0 spiro atoms. The van der Waals surface area contributed by atoms with Gasteiger partial charge in [-0.25, -0.2) is 0 Å². The molecule has 1 aromatic carbocycles. The lowest BCUT2D eigenvalue weighted by molar-refractivity contribution is -0.125. The number of rotatable bonds is 2. The molecule has 0 aliphatic carbocycles. The lowest BCUT2D eigenvalue weighted by Gasteiger charge is -2.43. The topological polar surface area (TPSA) is 45.2 Å². The highest BCUT2D eigenvalue weighted by Crippen LogP contribution is 2.34. The number of aromatic nitrogens is 1. The maximum absolute atomic E-state index is 12.6. The van der Waals surface area contributed by atoms with Gasteiger partial charge in [-0.05, 0) is 49.4 Å². The zero-order valence-corrected chi connectivity index (χ0v) is 12.0. The van der Waals surface area contributed by atoms with Crippen LogP contribution in [0, 0.1) is 11.8 Å². The first kappa shape index (κ1) is 12.3. The second-order valence-electron chi connectivity index (χ2n) is 5.78. The van der Waals surface area contributed by atoms with E-state index in [0.717, 1.165) is 22.3 Å².